The number of amides is 2. The average molecular weight is 280 g/mol. The van der Waals surface area contributed by atoms with Crippen LogP contribution in [-0.2, 0) is 4.79 Å². The van der Waals surface area contributed by atoms with E-state index in [9.17, 15) is 9.59 Å². The zero-order chi connectivity index (χ0) is 14.1. The number of nitrogens with one attached hydrogen (secondary N) is 2. The van der Waals surface area contributed by atoms with E-state index in [4.69, 9.17) is 5.11 Å². The lowest BCUT2D eigenvalue weighted by molar-refractivity contribution is -0.141. The van der Waals surface area contributed by atoms with Gasteiger partial charge in [-0.1, -0.05) is 0 Å². The highest BCUT2D eigenvalue weighted by atomic mass is 16.4. The Morgan fingerprint density at radius 3 is 2.20 bits per heavy atom. The second-order valence-corrected chi connectivity index (χ2v) is 6.74. The van der Waals surface area contributed by atoms with Gasteiger partial charge < -0.3 is 15.7 Å². The van der Waals surface area contributed by atoms with E-state index in [0.29, 0.717) is 18.8 Å². The predicted octanol–water partition coefficient (Wildman–Crippen LogP) is 1.98. The van der Waals surface area contributed by atoms with Crippen molar-refractivity contribution in [2.45, 2.75) is 51.0 Å². The average Bonchev–Trinajstić information content (AvgIpc) is 3.31. The van der Waals surface area contributed by atoms with Gasteiger partial charge in [-0.3, -0.25) is 4.79 Å². The van der Waals surface area contributed by atoms with E-state index in [1.807, 2.05) is 0 Å². The van der Waals surface area contributed by atoms with E-state index in [1.165, 1.54) is 25.7 Å². The van der Waals surface area contributed by atoms with E-state index in [1.54, 1.807) is 0 Å². The van der Waals surface area contributed by atoms with Gasteiger partial charge in [0.15, 0.2) is 0 Å². The molecule has 5 heteroatoms. The maximum Gasteiger partial charge on any atom is 0.315 e. The fourth-order valence-electron chi connectivity index (χ4n) is 3.55. The maximum absolute atomic E-state index is 11.9. The molecule has 2 atom stereocenters. The van der Waals surface area contributed by atoms with Gasteiger partial charge in [0.25, 0.3) is 0 Å². The van der Waals surface area contributed by atoms with Gasteiger partial charge in [0, 0.05) is 12.6 Å². The maximum atomic E-state index is 11.9. The first-order valence-electron chi connectivity index (χ1n) is 7.90. The smallest absolute Gasteiger partial charge is 0.315 e. The summed E-state index contributed by atoms with van der Waals surface area (Å²) in [6.45, 7) is 0.788. The lowest BCUT2D eigenvalue weighted by Gasteiger charge is -2.18. The minimum Gasteiger partial charge on any atom is -0.481 e. The first kappa shape index (κ1) is 13.7. The van der Waals surface area contributed by atoms with E-state index >= 15 is 0 Å². The van der Waals surface area contributed by atoms with Crippen molar-refractivity contribution in [1.29, 1.82) is 0 Å². The number of urea groups is 1. The van der Waals surface area contributed by atoms with Crippen LogP contribution in [0.2, 0.25) is 0 Å². The highest BCUT2D eigenvalue weighted by molar-refractivity contribution is 5.75. The number of rotatable bonds is 6. The number of hydrogen-bond donors (Lipinski definition) is 3. The molecular formula is C15H24N2O3. The summed E-state index contributed by atoms with van der Waals surface area (Å²) in [5.41, 5.74) is 0. The Morgan fingerprint density at radius 2 is 1.70 bits per heavy atom. The molecule has 3 rings (SSSR count). The Hall–Kier alpha value is -1.26. The van der Waals surface area contributed by atoms with Gasteiger partial charge in [-0.05, 0) is 62.7 Å². The lowest BCUT2D eigenvalue weighted by Crippen LogP contribution is -2.43. The van der Waals surface area contributed by atoms with Crippen LogP contribution in [0.5, 0.6) is 0 Å². The molecule has 112 valence electrons. The van der Waals surface area contributed by atoms with Crippen molar-refractivity contribution in [1.82, 2.24) is 10.6 Å². The topological polar surface area (TPSA) is 78.4 Å². The van der Waals surface area contributed by atoms with Gasteiger partial charge >= 0.3 is 12.0 Å². The van der Waals surface area contributed by atoms with E-state index in [-0.39, 0.29) is 18.0 Å². The van der Waals surface area contributed by atoms with Crippen molar-refractivity contribution >= 4 is 12.0 Å². The van der Waals surface area contributed by atoms with E-state index < -0.39 is 5.97 Å². The van der Waals surface area contributed by atoms with Gasteiger partial charge in [0.2, 0.25) is 0 Å². The van der Waals surface area contributed by atoms with Crippen LogP contribution >= 0.6 is 0 Å². The van der Waals surface area contributed by atoms with E-state index in [0.717, 1.165) is 24.8 Å². The summed E-state index contributed by atoms with van der Waals surface area (Å²) in [6.07, 6.45) is 7.32. The first-order valence-corrected chi connectivity index (χ1v) is 7.90. The first-order chi connectivity index (χ1) is 9.63. The second kappa shape index (κ2) is 5.62. The van der Waals surface area contributed by atoms with Crippen molar-refractivity contribution in [3.63, 3.8) is 0 Å². The van der Waals surface area contributed by atoms with Crippen LogP contribution in [0.25, 0.3) is 0 Å². The standard InChI is InChI=1S/C15H24N2O3/c18-14(19)11-5-6-12(7-11)17-15(20)16-8-13(9-1-2-9)10-3-4-10/h9-13H,1-8H2,(H,18,19)(H2,16,17,20). The summed E-state index contributed by atoms with van der Waals surface area (Å²) in [4.78, 5) is 22.8. The van der Waals surface area contributed by atoms with Crippen LogP contribution in [0.3, 0.4) is 0 Å². The number of carboxylic acid groups (broad SMARTS) is 1. The van der Waals surface area contributed by atoms with Crippen LogP contribution in [-0.4, -0.2) is 29.7 Å². The highest BCUT2D eigenvalue weighted by Gasteiger charge is 2.41. The summed E-state index contributed by atoms with van der Waals surface area (Å²) in [5.74, 6) is 1.33. The summed E-state index contributed by atoms with van der Waals surface area (Å²) >= 11 is 0. The van der Waals surface area contributed by atoms with Crippen molar-refractivity contribution < 1.29 is 14.7 Å². The molecule has 0 saturated heterocycles. The number of hydrogen-bond acceptors (Lipinski definition) is 2. The summed E-state index contributed by atoms with van der Waals surface area (Å²) in [6, 6.07) is -0.0938. The molecule has 0 radical (unpaired) electrons. The molecule has 2 unspecified atom stereocenters. The van der Waals surface area contributed by atoms with Crippen molar-refractivity contribution in [3.05, 3.63) is 0 Å². The third-order valence-corrected chi connectivity index (χ3v) is 5.07. The molecule has 2 amide bonds. The van der Waals surface area contributed by atoms with E-state index in [2.05, 4.69) is 10.6 Å². The van der Waals surface area contributed by atoms with Crippen LogP contribution in [0, 0.1) is 23.7 Å². The molecule has 3 N–H and O–H groups in total. The molecule has 0 aromatic carbocycles. The quantitative estimate of drug-likeness (QED) is 0.696. The summed E-state index contributed by atoms with van der Waals surface area (Å²) in [7, 11) is 0. The van der Waals surface area contributed by atoms with Crippen LogP contribution in [0.4, 0.5) is 4.79 Å². The third kappa shape index (κ3) is 3.44. The molecule has 0 heterocycles. The minimum absolute atomic E-state index is 0.0244. The van der Waals surface area contributed by atoms with Gasteiger partial charge in [-0.2, -0.15) is 0 Å². The van der Waals surface area contributed by atoms with Crippen molar-refractivity contribution in [2.75, 3.05) is 6.54 Å². The van der Waals surface area contributed by atoms with Gasteiger partial charge in [-0.15, -0.1) is 0 Å². The Labute approximate surface area is 119 Å². The zero-order valence-corrected chi connectivity index (χ0v) is 11.8. The number of carboxylic acids is 1. The van der Waals surface area contributed by atoms with Crippen LogP contribution in [0.1, 0.15) is 44.9 Å². The molecule has 0 aliphatic heterocycles. The van der Waals surface area contributed by atoms with Crippen LogP contribution in [0.15, 0.2) is 0 Å². The normalized spacial score (nSPS) is 29.4. The zero-order valence-electron chi connectivity index (χ0n) is 11.8. The molecule has 0 bridgehead atoms. The summed E-state index contributed by atoms with van der Waals surface area (Å²) < 4.78 is 0. The molecular weight excluding hydrogens is 256 g/mol. The molecule has 3 saturated carbocycles. The van der Waals surface area contributed by atoms with Gasteiger partial charge in [0.1, 0.15) is 0 Å². The third-order valence-electron chi connectivity index (χ3n) is 5.07. The number of aliphatic carboxylic acids is 1. The molecule has 3 aliphatic rings. The molecule has 0 aromatic rings. The minimum atomic E-state index is -0.739. The van der Waals surface area contributed by atoms with Gasteiger partial charge in [0.05, 0.1) is 5.92 Å². The highest BCUT2D eigenvalue weighted by Crippen LogP contribution is 2.48. The molecule has 0 spiro atoms. The monoisotopic (exact) mass is 280 g/mol. The Balaban J connectivity index is 1.38. The Morgan fingerprint density at radius 1 is 1.05 bits per heavy atom. The lowest BCUT2D eigenvalue weighted by atomic mass is 9.98. The predicted molar refractivity (Wildman–Crippen MR) is 74.2 cm³/mol. The largest absolute Gasteiger partial charge is 0.481 e. The molecule has 3 fully saturated rings. The second-order valence-electron chi connectivity index (χ2n) is 6.74. The summed E-state index contributed by atoms with van der Waals surface area (Å²) in [5, 5.41) is 14.9. The molecule has 5 nitrogen and oxygen atoms in total. The Kier molecular flexibility index (Phi) is 3.85. The fraction of sp³-hybridized carbons (Fsp3) is 0.867. The number of carbonyl (C=O) groups is 2. The van der Waals surface area contributed by atoms with Crippen LogP contribution < -0.4 is 10.6 Å². The van der Waals surface area contributed by atoms with Crippen molar-refractivity contribution in [3.8, 4) is 0 Å². The van der Waals surface area contributed by atoms with Gasteiger partial charge in [-0.25, -0.2) is 4.79 Å². The molecule has 20 heavy (non-hydrogen) atoms. The fourth-order valence-corrected chi connectivity index (χ4v) is 3.55. The molecule has 3 aliphatic carbocycles. The SMILES string of the molecule is O=C(NCC(C1CC1)C1CC1)NC1CCC(C(=O)O)C1. The Bertz CT molecular complexity index is 379. The van der Waals surface area contributed by atoms with Crippen molar-refractivity contribution in [2.24, 2.45) is 23.7 Å². The number of carbonyl (C=O) groups excluding carboxylic acids is 1. The molecule has 0 aromatic heterocycles.